The molecular formula is C11H17N3O4S. The van der Waals surface area contributed by atoms with Gasteiger partial charge < -0.3 is 15.3 Å². The molecule has 1 unspecified atom stereocenters. The summed E-state index contributed by atoms with van der Waals surface area (Å²) in [6, 6.07) is 0.938. The molecule has 0 radical (unpaired) electrons. The second-order valence-electron chi connectivity index (χ2n) is 3.83. The fourth-order valence-electron chi connectivity index (χ4n) is 1.14. The molecule has 0 aliphatic heterocycles. The number of nitrogens with one attached hydrogen (secondary N) is 1. The molecule has 0 bridgehead atoms. The monoisotopic (exact) mass is 287 g/mol. The molecule has 0 aromatic heterocycles. The first-order valence-electron chi connectivity index (χ1n) is 5.57. The molecule has 7 nitrogen and oxygen atoms in total. The Kier molecular flexibility index (Phi) is 8.37. The molecule has 106 valence electrons. The first kappa shape index (κ1) is 17.2. The summed E-state index contributed by atoms with van der Waals surface area (Å²) in [6.45, 7) is 1.59. The summed E-state index contributed by atoms with van der Waals surface area (Å²) in [7, 11) is 1.59. The van der Waals surface area contributed by atoms with Gasteiger partial charge in [-0.1, -0.05) is 0 Å². The van der Waals surface area contributed by atoms with E-state index >= 15 is 0 Å². The summed E-state index contributed by atoms with van der Waals surface area (Å²) in [5, 5.41) is 19.5. The second kappa shape index (κ2) is 9.22. The third-order valence-corrected chi connectivity index (χ3v) is 3.19. The molecule has 2 amide bonds. The molecule has 0 rings (SSSR count). The topological polar surface area (TPSA) is 111 Å². The van der Waals surface area contributed by atoms with E-state index in [-0.39, 0.29) is 23.8 Å². The highest BCUT2D eigenvalue weighted by atomic mass is 32.2. The maximum Gasteiger partial charge on any atom is 0.327 e. The van der Waals surface area contributed by atoms with Gasteiger partial charge in [-0.15, -0.1) is 11.8 Å². The Bertz CT molecular complexity index is 381. The van der Waals surface area contributed by atoms with Gasteiger partial charge in [0.1, 0.15) is 6.04 Å². The molecule has 0 aliphatic carbocycles. The number of carbonyl (C=O) groups is 3. The van der Waals surface area contributed by atoms with Crippen LogP contribution in [0.5, 0.6) is 0 Å². The van der Waals surface area contributed by atoms with Gasteiger partial charge in [-0.25, -0.2) is 4.79 Å². The van der Waals surface area contributed by atoms with Crippen molar-refractivity contribution in [1.82, 2.24) is 10.2 Å². The number of carboxylic acids is 1. The van der Waals surface area contributed by atoms with Crippen LogP contribution >= 0.6 is 11.8 Å². The van der Waals surface area contributed by atoms with E-state index in [4.69, 9.17) is 10.4 Å². The summed E-state index contributed by atoms with van der Waals surface area (Å²) >= 11 is 1.13. The first-order valence-corrected chi connectivity index (χ1v) is 6.72. The maximum atomic E-state index is 11.6. The summed E-state index contributed by atoms with van der Waals surface area (Å²) in [4.78, 5) is 34.6. The zero-order valence-electron chi connectivity index (χ0n) is 10.9. The predicted molar refractivity (Wildman–Crippen MR) is 70.4 cm³/mol. The number of aliphatic carboxylic acids is 1. The van der Waals surface area contributed by atoms with Crippen molar-refractivity contribution in [3.05, 3.63) is 0 Å². The van der Waals surface area contributed by atoms with E-state index in [1.54, 1.807) is 7.05 Å². The van der Waals surface area contributed by atoms with Crippen molar-refractivity contribution in [2.75, 3.05) is 25.1 Å². The lowest BCUT2D eigenvalue weighted by molar-refractivity contribution is -0.140. The molecule has 1 atom stereocenters. The minimum Gasteiger partial charge on any atom is -0.480 e. The number of hydrogen-bond acceptors (Lipinski definition) is 5. The van der Waals surface area contributed by atoms with E-state index in [0.29, 0.717) is 6.54 Å². The number of thioether (sulfide) groups is 1. The zero-order chi connectivity index (χ0) is 14.8. The minimum absolute atomic E-state index is 0.116. The molecule has 0 saturated carbocycles. The highest BCUT2D eigenvalue weighted by Crippen LogP contribution is 2.05. The van der Waals surface area contributed by atoms with Gasteiger partial charge in [0.2, 0.25) is 11.8 Å². The lowest BCUT2D eigenvalue weighted by Crippen LogP contribution is -2.41. The normalized spacial score (nSPS) is 11.2. The largest absolute Gasteiger partial charge is 0.480 e. The van der Waals surface area contributed by atoms with Crippen molar-refractivity contribution in [3.8, 4) is 6.07 Å². The molecule has 0 aromatic rings. The Morgan fingerprint density at radius 1 is 1.47 bits per heavy atom. The molecule has 0 fully saturated rings. The smallest absolute Gasteiger partial charge is 0.327 e. The Labute approximate surface area is 115 Å². The van der Waals surface area contributed by atoms with Gasteiger partial charge in [0.05, 0.1) is 18.2 Å². The van der Waals surface area contributed by atoms with Gasteiger partial charge in [-0.2, -0.15) is 5.26 Å². The van der Waals surface area contributed by atoms with E-state index in [2.05, 4.69) is 5.32 Å². The number of carbonyl (C=O) groups excluding carboxylic acids is 2. The summed E-state index contributed by atoms with van der Waals surface area (Å²) < 4.78 is 0. The average Bonchev–Trinajstić information content (AvgIpc) is 2.33. The van der Waals surface area contributed by atoms with Crippen LogP contribution < -0.4 is 5.32 Å². The summed E-state index contributed by atoms with van der Waals surface area (Å²) in [5.41, 5.74) is 0. The van der Waals surface area contributed by atoms with Crippen LogP contribution in [0.2, 0.25) is 0 Å². The molecule has 0 aliphatic rings. The average molecular weight is 287 g/mol. The molecule has 19 heavy (non-hydrogen) atoms. The molecular weight excluding hydrogens is 270 g/mol. The van der Waals surface area contributed by atoms with Crippen LogP contribution in [0.4, 0.5) is 0 Å². The number of amides is 2. The summed E-state index contributed by atoms with van der Waals surface area (Å²) in [6.07, 6.45) is 0.260. The highest BCUT2D eigenvalue weighted by Gasteiger charge is 2.19. The molecule has 2 N–H and O–H groups in total. The van der Waals surface area contributed by atoms with Crippen molar-refractivity contribution in [2.24, 2.45) is 0 Å². The van der Waals surface area contributed by atoms with E-state index in [0.717, 1.165) is 11.8 Å². The SMILES string of the molecule is CC(=O)NC(CSCC(=O)N(C)CCC#N)C(=O)O. The number of nitrogens with zero attached hydrogens (tertiary/aromatic N) is 2. The minimum atomic E-state index is -1.13. The van der Waals surface area contributed by atoms with E-state index in [1.807, 2.05) is 6.07 Å². The van der Waals surface area contributed by atoms with Crippen molar-refractivity contribution in [2.45, 2.75) is 19.4 Å². The van der Waals surface area contributed by atoms with Crippen molar-refractivity contribution < 1.29 is 19.5 Å². The third-order valence-electron chi connectivity index (χ3n) is 2.17. The second-order valence-corrected chi connectivity index (χ2v) is 4.86. The quantitative estimate of drug-likeness (QED) is 0.633. The molecule has 0 spiro atoms. The van der Waals surface area contributed by atoms with Gasteiger partial charge in [0.25, 0.3) is 0 Å². The van der Waals surface area contributed by atoms with Crippen molar-refractivity contribution in [3.63, 3.8) is 0 Å². The number of hydrogen-bond donors (Lipinski definition) is 2. The van der Waals surface area contributed by atoms with Crippen LogP contribution in [0.25, 0.3) is 0 Å². The number of nitriles is 1. The maximum absolute atomic E-state index is 11.6. The van der Waals surface area contributed by atoms with Crippen molar-refractivity contribution in [1.29, 1.82) is 5.26 Å². The highest BCUT2D eigenvalue weighted by molar-refractivity contribution is 8.00. The fourth-order valence-corrected chi connectivity index (χ4v) is 2.11. The predicted octanol–water partition coefficient (Wildman–Crippen LogP) is -0.319. The Morgan fingerprint density at radius 3 is 2.58 bits per heavy atom. The Balaban J connectivity index is 4.05. The lowest BCUT2D eigenvalue weighted by atomic mass is 10.3. The Morgan fingerprint density at radius 2 is 2.11 bits per heavy atom. The summed E-state index contributed by atoms with van der Waals surface area (Å²) in [5.74, 6) is -1.50. The molecule has 0 saturated heterocycles. The Hall–Kier alpha value is -1.75. The van der Waals surface area contributed by atoms with Crippen LogP contribution in [-0.4, -0.2) is 58.9 Å². The molecule has 8 heteroatoms. The van der Waals surface area contributed by atoms with Crippen LogP contribution in [0.3, 0.4) is 0 Å². The van der Waals surface area contributed by atoms with Gasteiger partial charge >= 0.3 is 5.97 Å². The van der Waals surface area contributed by atoms with Gasteiger partial charge in [-0.05, 0) is 0 Å². The van der Waals surface area contributed by atoms with Crippen LogP contribution in [0.1, 0.15) is 13.3 Å². The van der Waals surface area contributed by atoms with E-state index in [1.165, 1.54) is 11.8 Å². The van der Waals surface area contributed by atoms with Crippen LogP contribution in [0, 0.1) is 11.3 Å². The number of rotatable bonds is 8. The third kappa shape index (κ3) is 8.05. The van der Waals surface area contributed by atoms with Crippen LogP contribution in [-0.2, 0) is 14.4 Å². The van der Waals surface area contributed by atoms with Gasteiger partial charge in [0.15, 0.2) is 0 Å². The zero-order valence-corrected chi connectivity index (χ0v) is 11.7. The van der Waals surface area contributed by atoms with E-state index in [9.17, 15) is 14.4 Å². The van der Waals surface area contributed by atoms with E-state index < -0.39 is 17.9 Å². The fraction of sp³-hybridized carbons (Fsp3) is 0.636. The van der Waals surface area contributed by atoms with Gasteiger partial charge in [0, 0.05) is 26.3 Å². The number of carboxylic acid groups (broad SMARTS) is 1. The van der Waals surface area contributed by atoms with Crippen LogP contribution in [0.15, 0.2) is 0 Å². The van der Waals surface area contributed by atoms with Gasteiger partial charge in [-0.3, -0.25) is 9.59 Å². The molecule has 0 heterocycles. The van der Waals surface area contributed by atoms with Crippen molar-refractivity contribution >= 4 is 29.5 Å². The molecule has 0 aromatic carbocycles. The lowest BCUT2D eigenvalue weighted by Gasteiger charge is -2.16. The standard InChI is InChI=1S/C11H17N3O4S/c1-8(15)13-9(11(17)18)6-19-7-10(16)14(2)5-3-4-12/h9H,3,5-7H2,1-2H3,(H,13,15)(H,17,18). The first-order chi connectivity index (χ1) is 8.88.